The van der Waals surface area contributed by atoms with Gasteiger partial charge in [0.1, 0.15) is 0 Å². The molecule has 1 aromatic heterocycles. The fourth-order valence-electron chi connectivity index (χ4n) is 1.97. The Morgan fingerprint density at radius 3 is 3.10 bits per heavy atom. The van der Waals surface area contributed by atoms with Crippen LogP contribution in [0.15, 0.2) is 29.0 Å². The van der Waals surface area contributed by atoms with E-state index in [0.717, 1.165) is 10.0 Å². The van der Waals surface area contributed by atoms with Crippen LogP contribution in [-0.4, -0.2) is 22.3 Å². The molecular weight excluding hydrogens is 326 g/mol. The summed E-state index contributed by atoms with van der Waals surface area (Å²) in [4.78, 5) is 16.0. The summed E-state index contributed by atoms with van der Waals surface area (Å²) in [6, 6.07) is 3.75. The monoisotopic (exact) mass is 337 g/mol. The van der Waals surface area contributed by atoms with E-state index in [4.69, 9.17) is 9.47 Å². The van der Waals surface area contributed by atoms with Crippen molar-refractivity contribution in [2.45, 2.75) is 6.54 Å². The van der Waals surface area contributed by atoms with Crippen molar-refractivity contribution >= 4 is 21.8 Å². The number of ether oxygens (including phenoxy) is 2. The summed E-state index contributed by atoms with van der Waals surface area (Å²) < 4.78 is 13.1. The largest absolute Gasteiger partial charge is 0.454 e. The molecular formula is C13H12BrN3O3. The molecule has 1 amide bonds. The van der Waals surface area contributed by atoms with Crippen LogP contribution < -0.4 is 14.8 Å². The van der Waals surface area contributed by atoms with E-state index >= 15 is 0 Å². The number of imidazole rings is 1. The molecule has 1 aliphatic heterocycles. The summed E-state index contributed by atoms with van der Waals surface area (Å²) >= 11 is 3.42. The van der Waals surface area contributed by atoms with Crippen LogP contribution >= 0.6 is 15.9 Å². The molecule has 2 heterocycles. The lowest BCUT2D eigenvalue weighted by atomic mass is 10.2. The molecule has 0 bridgehead atoms. The maximum Gasteiger partial charge on any atom is 0.287 e. The number of carbonyl (C=O) groups is 1. The van der Waals surface area contributed by atoms with Crippen LogP contribution in [0.4, 0.5) is 0 Å². The summed E-state index contributed by atoms with van der Waals surface area (Å²) in [5.41, 5.74) is 0.920. The van der Waals surface area contributed by atoms with E-state index in [0.29, 0.717) is 23.9 Å². The third-order valence-electron chi connectivity index (χ3n) is 2.96. The number of aryl methyl sites for hydroxylation is 1. The highest BCUT2D eigenvalue weighted by Crippen LogP contribution is 2.39. The van der Waals surface area contributed by atoms with Crippen LogP contribution in [0.1, 0.15) is 16.2 Å². The molecule has 0 spiro atoms. The van der Waals surface area contributed by atoms with Gasteiger partial charge in [-0.25, -0.2) is 4.98 Å². The van der Waals surface area contributed by atoms with Gasteiger partial charge in [0, 0.05) is 26.0 Å². The van der Waals surface area contributed by atoms with Gasteiger partial charge in [0.05, 0.1) is 4.47 Å². The average molecular weight is 338 g/mol. The van der Waals surface area contributed by atoms with Gasteiger partial charge < -0.3 is 19.4 Å². The predicted octanol–water partition coefficient (Wildman–Crippen LogP) is 1.84. The number of hydrogen-bond donors (Lipinski definition) is 1. The Labute approximate surface area is 123 Å². The van der Waals surface area contributed by atoms with Crippen LogP contribution in [0.3, 0.4) is 0 Å². The standard InChI is InChI=1S/C13H12BrN3O3/c1-17-3-2-15-12(17)13(18)16-6-8-4-9(14)11-10(5-8)19-7-20-11/h2-5H,6-7H2,1H3,(H,16,18). The summed E-state index contributed by atoms with van der Waals surface area (Å²) in [6.45, 7) is 0.609. The molecule has 7 heteroatoms. The number of rotatable bonds is 3. The number of aromatic nitrogens is 2. The average Bonchev–Trinajstić information content (AvgIpc) is 3.04. The van der Waals surface area contributed by atoms with E-state index in [-0.39, 0.29) is 12.7 Å². The first-order valence-corrected chi connectivity index (χ1v) is 6.78. The molecule has 0 aliphatic carbocycles. The van der Waals surface area contributed by atoms with E-state index < -0.39 is 0 Å². The van der Waals surface area contributed by atoms with E-state index in [1.54, 1.807) is 24.0 Å². The molecule has 0 radical (unpaired) electrons. The molecule has 6 nitrogen and oxygen atoms in total. The van der Waals surface area contributed by atoms with Crippen LogP contribution in [0.5, 0.6) is 11.5 Å². The summed E-state index contributed by atoms with van der Waals surface area (Å²) in [7, 11) is 1.78. The third kappa shape index (κ3) is 2.36. The first kappa shape index (κ1) is 13.0. The van der Waals surface area contributed by atoms with Crippen molar-refractivity contribution in [3.8, 4) is 11.5 Å². The number of carbonyl (C=O) groups excluding carboxylic acids is 1. The van der Waals surface area contributed by atoms with Gasteiger partial charge in [0.2, 0.25) is 6.79 Å². The predicted molar refractivity (Wildman–Crippen MR) is 74.6 cm³/mol. The van der Waals surface area contributed by atoms with E-state index in [2.05, 4.69) is 26.2 Å². The Morgan fingerprint density at radius 1 is 1.50 bits per heavy atom. The Morgan fingerprint density at radius 2 is 2.35 bits per heavy atom. The van der Waals surface area contributed by atoms with Crippen molar-refractivity contribution in [2.24, 2.45) is 7.05 Å². The number of nitrogens with one attached hydrogen (secondary N) is 1. The minimum absolute atomic E-state index is 0.216. The van der Waals surface area contributed by atoms with Crippen molar-refractivity contribution < 1.29 is 14.3 Å². The fourth-order valence-corrected chi connectivity index (χ4v) is 2.57. The smallest absolute Gasteiger partial charge is 0.287 e. The van der Waals surface area contributed by atoms with Gasteiger partial charge in [-0.15, -0.1) is 0 Å². The highest BCUT2D eigenvalue weighted by molar-refractivity contribution is 9.10. The topological polar surface area (TPSA) is 65.4 Å². The third-order valence-corrected chi connectivity index (χ3v) is 3.55. The molecule has 0 fully saturated rings. The van der Waals surface area contributed by atoms with E-state index in [1.165, 1.54) is 0 Å². The zero-order valence-corrected chi connectivity index (χ0v) is 12.3. The lowest BCUT2D eigenvalue weighted by Crippen LogP contribution is -2.25. The van der Waals surface area contributed by atoms with Gasteiger partial charge in [-0.3, -0.25) is 4.79 Å². The van der Waals surface area contributed by atoms with Crippen LogP contribution in [0, 0.1) is 0 Å². The number of fused-ring (bicyclic) bond motifs is 1. The van der Waals surface area contributed by atoms with Crippen LogP contribution in [0.2, 0.25) is 0 Å². The normalized spacial score (nSPS) is 12.5. The van der Waals surface area contributed by atoms with Crippen molar-refractivity contribution in [3.05, 3.63) is 40.4 Å². The molecule has 0 saturated heterocycles. The minimum atomic E-state index is -0.216. The molecule has 1 N–H and O–H groups in total. The molecule has 1 aromatic carbocycles. The van der Waals surface area contributed by atoms with E-state index in [1.807, 2.05) is 12.1 Å². The number of benzene rings is 1. The molecule has 0 atom stereocenters. The summed E-state index contributed by atoms with van der Waals surface area (Å²) in [5.74, 6) is 1.54. The SMILES string of the molecule is Cn1ccnc1C(=O)NCc1cc(Br)c2c(c1)OCO2. The second-order valence-electron chi connectivity index (χ2n) is 4.36. The van der Waals surface area contributed by atoms with Crippen molar-refractivity contribution in [1.29, 1.82) is 0 Å². The number of hydrogen-bond acceptors (Lipinski definition) is 4. The summed E-state index contributed by atoms with van der Waals surface area (Å²) in [5, 5.41) is 2.82. The van der Waals surface area contributed by atoms with Gasteiger partial charge in [-0.2, -0.15) is 0 Å². The fraction of sp³-hybridized carbons (Fsp3) is 0.231. The van der Waals surface area contributed by atoms with Crippen molar-refractivity contribution in [3.63, 3.8) is 0 Å². The number of nitrogens with zero attached hydrogens (tertiary/aromatic N) is 2. The van der Waals surface area contributed by atoms with E-state index in [9.17, 15) is 4.79 Å². The molecule has 3 rings (SSSR count). The Balaban J connectivity index is 1.72. The van der Waals surface area contributed by atoms with Crippen molar-refractivity contribution in [1.82, 2.24) is 14.9 Å². The molecule has 2 aromatic rings. The lowest BCUT2D eigenvalue weighted by molar-refractivity contribution is 0.0937. The Hall–Kier alpha value is -2.02. The summed E-state index contributed by atoms with van der Waals surface area (Å²) in [6.07, 6.45) is 3.32. The molecule has 0 unspecified atom stereocenters. The molecule has 104 valence electrons. The van der Waals surface area contributed by atoms with Crippen LogP contribution in [0.25, 0.3) is 0 Å². The lowest BCUT2D eigenvalue weighted by Gasteiger charge is -2.07. The van der Waals surface area contributed by atoms with Gasteiger partial charge in [-0.05, 0) is 33.6 Å². The van der Waals surface area contributed by atoms with Gasteiger partial charge in [-0.1, -0.05) is 0 Å². The maximum atomic E-state index is 12.0. The highest BCUT2D eigenvalue weighted by atomic mass is 79.9. The van der Waals surface area contributed by atoms with Crippen LogP contribution in [-0.2, 0) is 13.6 Å². The second-order valence-corrected chi connectivity index (χ2v) is 5.21. The van der Waals surface area contributed by atoms with Gasteiger partial charge in [0.25, 0.3) is 5.91 Å². The first-order valence-electron chi connectivity index (χ1n) is 5.98. The molecule has 0 saturated carbocycles. The quantitative estimate of drug-likeness (QED) is 0.928. The maximum absolute atomic E-state index is 12.0. The number of amides is 1. The number of halogens is 1. The Bertz CT molecular complexity index is 669. The van der Waals surface area contributed by atoms with Gasteiger partial charge >= 0.3 is 0 Å². The van der Waals surface area contributed by atoms with Crippen molar-refractivity contribution in [2.75, 3.05) is 6.79 Å². The molecule has 20 heavy (non-hydrogen) atoms. The second kappa shape index (κ2) is 5.16. The zero-order valence-electron chi connectivity index (χ0n) is 10.7. The Kier molecular flexibility index (Phi) is 3.35. The minimum Gasteiger partial charge on any atom is -0.454 e. The highest BCUT2D eigenvalue weighted by Gasteiger charge is 2.18. The first-order chi connectivity index (χ1) is 9.65. The van der Waals surface area contributed by atoms with Gasteiger partial charge in [0.15, 0.2) is 17.3 Å². The zero-order chi connectivity index (χ0) is 14.1. The molecule has 1 aliphatic rings.